The number of ether oxygens (including phenoxy) is 2. The average molecular weight is 392 g/mol. The predicted octanol–water partition coefficient (Wildman–Crippen LogP) is 4.86. The van der Waals surface area contributed by atoms with Gasteiger partial charge < -0.3 is 19.4 Å². The van der Waals surface area contributed by atoms with Crippen LogP contribution in [0.2, 0.25) is 0 Å². The molecule has 0 atom stereocenters. The molecule has 1 amide bonds. The van der Waals surface area contributed by atoms with Gasteiger partial charge in [0, 0.05) is 18.3 Å². The minimum atomic E-state index is -0.0698. The minimum absolute atomic E-state index is 0.0698. The Balaban J connectivity index is 2.18. The Morgan fingerprint density at radius 3 is 2.38 bits per heavy atom. The van der Waals surface area contributed by atoms with Gasteiger partial charge in [0.2, 0.25) is 0 Å². The smallest absolute Gasteiger partial charge is 0.253 e. The maximum Gasteiger partial charge on any atom is 0.253 e. The number of amides is 1. The van der Waals surface area contributed by atoms with Crippen molar-refractivity contribution < 1.29 is 14.3 Å². The van der Waals surface area contributed by atoms with Gasteiger partial charge in [0.15, 0.2) is 0 Å². The van der Waals surface area contributed by atoms with Gasteiger partial charge in [-0.25, -0.2) is 0 Å². The molecule has 1 aromatic heterocycles. The molecule has 29 heavy (non-hydrogen) atoms. The monoisotopic (exact) mass is 392 g/mol. The summed E-state index contributed by atoms with van der Waals surface area (Å²) in [5, 5.41) is 3.03. The molecule has 0 fully saturated rings. The van der Waals surface area contributed by atoms with E-state index in [2.05, 4.69) is 23.7 Å². The molecule has 0 aliphatic carbocycles. The van der Waals surface area contributed by atoms with E-state index in [1.807, 2.05) is 61.5 Å². The highest BCUT2D eigenvalue weighted by Gasteiger charge is 2.21. The third-order valence-corrected chi connectivity index (χ3v) is 4.86. The highest BCUT2D eigenvalue weighted by Crippen LogP contribution is 2.35. The number of carbonyl (C=O) groups excluding carboxylic acids is 1. The highest BCUT2D eigenvalue weighted by atomic mass is 16.5. The fourth-order valence-corrected chi connectivity index (χ4v) is 3.33. The van der Waals surface area contributed by atoms with E-state index in [0.717, 1.165) is 22.6 Å². The largest absolute Gasteiger partial charge is 0.497 e. The van der Waals surface area contributed by atoms with Gasteiger partial charge in [0.25, 0.3) is 5.91 Å². The van der Waals surface area contributed by atoms with Crippen molar-refractivity contribution in [1.82, 2.24) is 9.88 Å². The lowest BCUT2D eigenvalue weighted by Gasteiger charge is -2.16. The van der Waals surface area contributed by atoms with Crippen molar-refractivity contribution in [3.05, 3.63) is 65.9 Å². The number of rotatable bonds is 7. The lowest BCUT2D eigenvalue weighted by atomic mass is 10.1. The van der Waals surface area contributed by atoms with Gasteiger partial charge in [0.05, 0.1) is 31.2 Å². The van der Waals surface area contributed by atoms with Crippen LogP contribution in [0.5, 0.6) is 11.5 Å². The first-order valence-corrected chi connectivity index (χ1v) is 9.74. The van der Waals surface area contributed by atoms with Gasteiger partial charge in [-0.05, 0) is 36.6 Å². The second kappa shape index (κ2) is 8.86. The number of hydrogen-bond acceptors (Lipinski definition) is 3. The molecular formula is C24H28N2O3. The van der Waals surface area contributed by atoms with Crippen molar-refractivity contribution in [3.63, 3.8) is 0 Å². The number of benzene rings is 2. The summed E-state index contributed by atoms with van der Waals surface area (Å²) in [6, 6.07) is 17.7. The SMILES string of the molecule is COc1ccc(-n2c(-c3ccccc3)cc(C(=O)NCC(C)C)c2C)c(OC)c1. The van der Waals surface area contributed by atoms with Crippen LogP contribution in [0.4, 0.5) is 0 Å². The lowest BCUT2D eigenvalue weighted by molar-refractivity contribution is 0.0948. The molecule has 3 rings (SSSR count). The number of methoxy groups -OCH3 is 2. The Morgan fingerprint density at radius 1 is 1.03 bits per heavy atom. The molecule has 3 aromatic rings. The second-order valence-electron chi connectivity index (χ2n) is 7.37. The molecule has 0 aliphatic heterocycles. The number of aromatic nitrogens is 1. The molecule has 1 N–H and O–H groups in total. The van der Waals surface area contributed by atoms with Crippen LogP contribution in [-0.2, 0) is 0 Å². The molecule has 0 bridgehead atoms. The summed E-state index contributed by atoms with van der Waals surface area (Å²) in [4.78, 5) is 12.9. The number of nitrogens with one attached hydrogen (secondary N) is 1. The van der Waals surface area contributed by atoms with Crippen LogP contribution in [0.15, 0.2) is 54.6 Å². The van der Waals surface area contributed by atoms with E-state index in [-0.39, 0.29) is 5.91 Å². The van der Waals surface area contributed by atoms with E-state index in [1.54, 1.807) is 14.2 Å². The quantitative estimate of drug-likeness (QED) is 0.625. The van der Waals surface area contributed by atoms with E-state index >= 15 is 0 Å². The summed E-state index contributed by atoms with van der Waals surface area (Å²) in [6.07, 6.45) is 0. The van der Waals surface area contributed by atoms with Crippen LogP contribution in [0.25, 0.3) is 16.9 Å². The van der Waals surface area contributed by atoms with Crippen LogP contribution in [0.1, 0.15) is 29.9 Å². The van der Waals surface area contributed by atoms with Crippen molar-refractivity contribution in [1.29, 1.82) is 0 Å². The normalized spacial score (nSPS) is 10.8. The second-order valence-corrected chi connectivity index (χ2v) is 7.37. The average Bonchev–Trinajstić information content (AvgIpc) is 3.09. The van der Waals surface area contributed by atoms with Gasteiger partial charge in [0.1, 0.15) is 11.5 Å². The topological polar surface area (TPSA) is 52.5 Å². The Kier molecular flexibility index (Phi) is 6.27. The van der Waals surface area contributed by atoms with Crippen molar-refractivity contribution in [3.8, 4) is 28.4 Å². The highest BCUT2D eigenvalue weighted by molar-refractivity contribution is 5.97. The number of carbonyl (C=O) groups is 1. The summed E-state index contributed by atoms with van der Waals surface area (Å²) < 4.78 is 13.0. The van der Waals surface area contributed by atoms with Crippen molar-refractivity contribution in [2.24, 2.45) is 5.92 Å². The molecule has 0 saturated heterocycles. The number of hydrogen-bond donors (Lipinski definition) is 1. The van der Waals surface area contributed by atoms with E-state index in [0.29, 0.717) is 29.5 Å². The van der Waals surface area contributed by atoms with Crippen LogP contribution < -0.4 is 14.8 Å². The Bertz CT molecular complexity index is 991. The van der Waals surface area contributed by atoms with Crippen LogP contribution in [0, 0.1) is 12.8 Å². The summed E-state index contributed by atoms with van der Waals surface area (Å²) in [7, 11) is 3.26. The summed E-state index contributed by atoms with van der Waals surface area (Å²) >= 11 is 0. The molecule has 0 aliphatic rings. The Hall–Kier alpha value is -3.21. The van der Waals surface area contributed by atoms with Gasteiger partial charge >= 0.3 is 0 Å². The van der Waals surface area contributed by atoms with Crippen molar-refractivity contribution in [2.75, 3.05) is 20.8 Å². The van der Waals surface area contributed by atoms with Gasteiger partial charge in [-0.3, -0.25) is 4.79 Å². The third-order valence-electron chi connectivity index (χ3n) is 4.86. The maximum absolute atomic E-state index is 12.9. The molecule has 0 unspecified atom stereocenters. The minimum Gasteiger partial charge on any atom is -0.497 e. The lowest BCUT2D eigenvalue weighted by Crippen LogP contribution is -2.27. The standard InChI is InChI=1S/C24H28N2O3/c1-16(2)15-25-24(27)20-14-22(18-9-7-6-8-10-18)26(17(20)3)21-12-11-19(28-4)13-23(21)29-5/h6-14,16H,15H2,1-5H3,(H,25,27). The van der Waals surface area contributed by atoms with Crippen molar-refractivity contribution >= 4 is 5.91 Å². The fraction of sp³-hybridized carbons (Fsp3) is 0.292. The molecule has 5 heteroatoms. The maximum atomic E-state index is 12.9. The molecule has 2 aromatic carbocycles. The summed E-state index contributed by atoms with van der Waals surface area (Å²) in [6.45, 7) is 6.75. The van der Waals surface area contributed by atoms with Gasteiger partial charge in [-0.2, -0.15) is 0 Å². The third kappa shape index (κ3) is 4.29. The van der Waals surface area contributed by atoms with Crippen LogP contribution in [-0.4, -0.2) is 31.2 Å². The van der Waals surface area contributed by atoms with E-state index in [4.69, 9.17) is 9.47 Å². The van der Waals surface area contributed by atoms with Crippen LogP contribution in [0.3, 0.4) is 0 Å². The van der Waals surface area contributed by atoms with E-state index < -0.39 is 0 Å². The first-order valence-electron chi connectivity index (χ1n) is 9.74. The van der Waals surface area contributed by atoms with Gasteiger partial charge in [-0.15, -0.1) is 0 Å². The van der Waals surface area contributed by atoms with Crippen molar-refractivity contribution in [2.45, 2.75) is 20.8 Å². The Morgan fingerprint density at radius 2 is 1.76 bits per heavy atom. The summed E-state index contributed by atoms with van der Waals surface area (Å²) in [5.74, 6) is 1.71. The molecule has 0 saturated carbocycles. The number of nitrogens with zero attached hydrogens (tertiary/aromatic N) is 1. The van der Waals surface area contributed by atoms with Gasteiger partial charge in [-0.1, -0.05) is 44.2 Å². The van der Waals surface area contributed by atoms with E-state index in [1.165, 1.54) is 0 Å². The molecular weight excluding hydrogens is 364 g/mol. The zero-order valence-electron chi connectivity index (χ0n) is 17.7. The zero-order chi connectivity index (χ0) is 21.0. The zero-order valence-corrected chi connectivity index (χ0v) is 17.7. The van der Waals surface area contributed by atoms with E-state index in [9.17, 15) is 4.79 Å². The molecule has 5 nitrogen and oxygen atoms in total. The molecule has 1 heterocycles. The summed E-state index contributed by atoms with van der Waals surface area (Å²) in [5.41, 5.74) is 4.32. The van der Waals surface area contributed by atoms with Crippen LogP contribution >= 0.6 is 0 Å². The molecule has 0 spiro atoms. The predicted molar refractivity (Wildman–Crippen MR) is 116 cm³/mol. The first kappa shape index (κ1) is 20.5. The molecule has 152 valence electrons. The molecule has 0 radical (unpaired) electrons. The fourth-order valence-electron chi connectivity index (χ4n) is 3.33. The Labute approximate surface area is 172 Å². The first-order chi connectivity index (χ1) is 14.0.